The molecule has 4 heteroatoms. The molecule has 0 saturated carbocycles. The van der Waals surface area contributed by atoms with Crippen LogP contribution in [0.3, 0.4) is 0 Å². The van der Waals surface area contributed by atoms with Crippen molar-refractivity contribution in [2.75, 3.05) is 6.61 Å². The number of carboxylic acids is 1. The average Bonchev–Trinajstić information content (AvgIpc) is 2.42. The molecule has 1 atom stereocenters. The van der Waals surface area contributed by atoms with Gasteiger partial charge in [0, 0.05) is 5.02 Å². The molecular formula is C16H15ClO3. The van der Waals surface area contributed by atoms with Crippen LogP contribution in [0.5, 0.6) is 5.75 Å². The van der Waals surface area contributed by atoms with Crippen molar-refractivity contribution in [3.05, 3.63) is 64.7 Å². The first-order chi connectivity index (χ1) is 9.58. The van der Waals surface area contributed by atoms with E-state index in [1.54, 1.807) is 24.3 Å². The van der Waals surface area contributed by atoms with Crippen LogP contribution in [-0.2, 0) is 4.79 Å². The Labute approximate surface area is 122 Å². The van der Waals surface area contributed by atoms with E-state index in [1.807, 2.05) is 31.2 Å². The molecule has 20 heavy (non-hydrogen) atoms. The van der Waals surface area contributed by atoms with Crippen LogP contribution in [0.15, 0.2) is 48.5 Å². The van der Waals surface area contributed by atoms with Crippen molar-refractivity contribution in [3.8, 4) is 5.75 Å². The van der Waals surface area contributed by atoms with Gasteiger partial charge in [-0.2, -0.15) is 0 Å². The van der Waals surface area contributed by atoms with E-state index in [1.165, 1.54) is 0 Å². The number of ether oxygens (including phenoxy) is 1. The van der Waals surface area contributed by atoms with Gasteiger partial charge < -0.3 is 9.84 Å². The van der Waals surface area contributed by atoms with Crippen LogP contribution in [0.25, 0.3) is 0 Å². The molecule has 0 aliphatic carbocycles. The van der Waals surface area contributed by atoms with E-state index in [9.17, 15) is 9.90 Å². The van der Waals surface area contributed by atoms with Crippen LogP contribution in [-0.4, -0.2) is 17.7 Å². The highest BCUT2D eigenvalue weighted by Gasteiger charge is 2.21. The molecule has 0 amide bonds. The lowest BCUT2D eigenvalue weighted by Gasteiger charge is -2.15. The highest BCUT2D eigenvalue weighted by atomic mass is 35.5. The van der Waals surface area contributed by atoms with Crippen molar-refractivity contribution in [2.24, 2.45) is 0 Å². The Balaban J connectivity index is 2.13. The first kappa shape index (κ1) is 14.4. The van der Waals surface area contributed by atoms with Crippen LogP contribution in [0.4, 0.5) is 0 Å². The predicted molar refractivity (Wildman–Crippen MR) is 78.5 cm³/mol. The quantitative estimate of drug-likeness (QED) is 0.908. The normalized spacial score (nSPS) is 11.9. The molecule has 0 saturated heterocycles. The third-order valence-corrected chi connectivity index (χ3v) is 3.32. The third kappa shape index (κ3) is 3.52. The molecule has 1 N–H and O–H groups in total. The van der Waals surface area contributed by atoms with E-state index in [0.717, 1.165) is 5.56 Å². The van der Waals surface area contributed by atoms with Gasteiger partial charge in [0.2, 0.25) is 0 Å². The van der Waals surface area contributed by atoms with Gasteiger partial charge in [0.15, 0.2) is 0 Å². The molecule has 3 nitrogen and oxygen atoms in total. The molecule has 0 heterocycles. The lowest BCUT2D eigenvalue weighted by Crippen LogP contribution is -2.19. The van der Waals surface area contributed by atoms with Gasteiger partial charge in [-0.15, -0.1) is 0 Å². The molecule has 0 spiro atoms. The van der Waals surface area contributed by atoms with Crippen molar-refractivity contribution in [3.63, 3.8) is 0 Å². The van der Waals surface area contributed by atoms with Gasteiger partial charge in [-0.1, -0.05) is 41.9 Å². The summed E-state index contributed by atoms with van der Waals surface area (Å²) in [5, 5.41) is 9.91. The Morgan fingerprint density at radius 3 is 2.45 bits per heavy atom. The van der Waals surface area contributed by atoms with E-state index in [-0.39, 0.29) is 6.61 Å². The van der Waals surface area contributed by atoms with Crippen molar-refractivity contribution < 1.29 is 14.6 Å². The molecule has 0 fully saturated rings. The largest absolute Gasteiger partial charge is 0.492 e. The van der Waals surface area contributed by atoms with Crippen molar-refractivity contribution in [2.45, 2.75) is 12.8 Å². The van der Waals surface area contributed by atoms with Crippen molar-refractivity contribution >= 4 is 17.6 Å². The Bertz CT molecular complexity index is 593. The van der Waals surface area contributed by atoms with Crippen LogP contribution >= 0.6 is 11.6 Å². The van der Waals surface area contributed by atoms with Crippen LogP contribution in [0.2, 0.25) is 5.02 Å². The van der Waals surface area contributed by atoms with Gasteiger partial charge in [-0.3, -0.25) is 4.79 Å². The second kappa shape index (κ2) is 6.44. The second-order valence-corrected chi connectivity index (χ2v) is 4.96. The molecule has 104 valence electrons. The number of hydrogen-bond acceptors (Lipinski definition) is 2. The van der Waals surface area contributed by atoms with Crippen LogP contribution in [0.1, 0.15) is 17.0 Å². The summed E-state index contributed by atoms with van der Waals surface area (Å²) in [6.07, 6.45) is 0. The summed E-state index contributed by atoms with van der Waals surface area (Å²) >= 11 is 5.81. The van der Waals surface area contributed by atoms with Crippen LogP contribution in [0, 0.1) is 6.92 Å². The number of aliphatic carboxylic acids is 1. The number of halogens is 1. The number of aryl methyl sites for hydroxylation is 1. The lowest BCUT2D eigenvalue weighted by molar-refractivity contribution is -0.139. The minimum absolute atomic E-state index is 0.0851. The number of benzene rings is 2. The zero-order valence-corrected chi connectivity index (χ0v) is 11.8. The molecule has 0 aliphatic rings. The number of para-hydroxylation sites is 1. The van der Waals surface area contributed by atoms with Gasteiger partial charge in [0.1, 0.15) is 18.3 Å². The highest BCUT2D eigenvalue weighted by Crippen LogP contribution is 2.22. The molecule has 2 aromatic rings. The Kier molecular flexibility index (Phi) is 4.64. The molecule has 2 rings (SSSR count). The molecule has 1 unspecified atom stereocenters. The number of carbonyl (C=O) groups is 1. The Hall–Kier alpha value is -2.00. The smallest absolute Gasteiger partial charge is 0.314 e. The fraction of sp³-hybridized carbons (Fsp3) is 0.188. The summed E-state index contributed by atoms with van der Waals surface area (Å²) in [6.45, 7) is 2.01. The van der Waals surface area contributed by atoms with Gasteiger partial charge in [-0.05, 0) is 36.2 Å². The maximum atomic E-state index is 11.4. The van der Waals surface area contributed by atoms with Crippen molar-refractivity contribution in [1.82, 2.24) is 0 Å². The van der Waals surface area contributed by atoms with E-state index in [4.69, 9.17) is 16.3 Å². The van der Waals surface area contributed by atoms with Crippen molar-refractivity contribution in [1.29, 1.82) is 0 Å². The molecular weight excluding hydrogens is 276 g/mol. The number of rotatable bonds is 5. The van der Waals surface area contributed by atoms with Gasteiger partial charge in [0.05, 0.1) is 0 Å². The Morgan fingerprint density at radius 2 is 1.85 bits per heavy atom. The van der Waals surface area contributed by atoms with Crippen LogP contribution < -0.4 is 4.74 Å². The first-order valence-electron chi connectivity index (χ1n) is 6.24. The summed E-state index contributed by atoms with van der Waals surface area (Å²) in [5.74, 6) is -0.930. The summed E-state index contributed by atoms with van der Waals surface area (Å²) in [6, 6.07) is 14.3. The minimum atomic E-state index is -0.916. The molecule has 0 bridgehead atoms. The van der Waals surface area contributed by atoms with E-state index >= 15 is 0 Å². The van der Waals surface area contributed by atoms with E-state index in [0.29, 0.717) is 16.3 Å². The third-order valence-electron chi connectivity index (χ3n) is 3.07. The fourth-order valence-corrected chi connectivity index (χ4v) is 2.02. The predicted octanol–water partition coefficient (Wildman–Crippen LogP) is 3.90. The van der Waals surface area contributed by atoms with E-state index < -0.39 is 11.9 Å². The summed E-state index contributed by atoms with van der Waals surface area (Å²) < 4.78 is 5.63. The summed E-state index contributed by atoms with van der Waals surface area (Å²) in [4.78, 5) is 11.4. The highest BCUT2D eigenvalue weighted by molar-refractivity contribution is 6.30. The maximum Gasteiger partial charge on any atom is 0.314 e. The zero-order chi connectivity index (χ0) is 14.5. The molecule has 0 radical (unpaired) electrons. The van der Waals surface area contributed by atoms with Gasteiger partial charge >= 0.3 is 5.97 Å². The Morgan fingerprint density at radius 1 is 1.20 bits per heavy atom. The maximum absolute atomic E-state index is 11.4. The molecule has 0 aromatic heterocycles. The topological polar surface area (TPSA) is 46.5 Å². The second-order valence-electron chi connectivity index (χ2n) is 4.52. The van der Waals surface area contributed by atoms with Gasteiger partial charge in [0.25, 0.3) is 0 Å². The zero-order valence-electron chi connectivity index (χ0n) is 11.0. The standard InChI is InChI=1S/C16H15ClO3/c1-11-4-2-3-5-15(11)20-10-14(16(18)19)12-6-8-13(17)9-7-12/h2-9,14H,10H2,1H3,(H,18,19). The number of carboxylic acid groups (broad SMARTS) is 1. The SMILES string of the molecule is Cc1ccccc1OCC(C(=O)O)c1ccc(Cl)cc1. The molecule has 2 aromatic carbocycles. The molecule has 0 aliphatic heterocycles. The summed E-state index contributed by atoms with van der Waals surface area (Å²) in [5.41, 5.74) is 1.66. The minimum Gasteiger partial charge on any atom is -0.492 e. The van der Waals surface area contributed by atoms with E-state index in [2.05, 4.69) is 0 Å². The number of hydrogen-bond donors (Lipinski definition) is 1. The lowest BCUT2D eigenvalue weighted by atomic mass is 10.0. The van der Waals surface area contributed by atoms with Gasteiger partial charge in [-0.25, -0.2) is 0 Å². The first-order valence-corrected chi connectivity index (χ1v) is 6.62. The fourth-order valence-electron chi connectivity index (χ4n) is 1.90. The monoisotopic (exact) mass is 290 g/mol. The average molecular weight is 291 g/mol. The summed E-state index contributed by atoms with van der Waals surface area (Å²) in [7, 11) is 0.